The summed E-state index contributed by atoms with van der Waals surface area (Å²) in [5.74, 6) is -0.477. The molecule has 0 saturated heterocycles. The van der Waals surface area contributed by atoms with Gasteiger partial charge in [0.25, 0.3) is 0 Å². The molecule has 1 amide bonds. The normalized spacial score (nSPS) is 10.6. The number of pyridine rings is 1. The predicted octanol–water partition coefficient (Wildman–Crippen LogP) is 4.31. The van der Waals surface area contributed by atoms with Crippen molar-refractivity contribution in [3.63, 3.8) is 0 Å². The number of para-hydroxylation sites is 1. The van der Waals surface area contributed by atoms with E-state index in [9.17, 15) is 14.0 Å². The van der Waals surface area contributed by atoms with Crippen molar-refractivity contribution < 1.29 is 14.0 Å². The van der Waals surface area contributed by atoms with Gasteiger partial charge < -0.3 is 5.32 Å². The molecule has 0 unspecified atom stereocenters. The fraction of sp³-hybridized carbons (Fsp3) is 0.105. The van der Waals surface area contributed by atoms with Crippen molar-refractivity contribution in [3.8, 4) is 0 Å². The Hall–Kier alpha value is -2.73. The number of carbonyl (C=O) groups excluding carboxylic acids is 2. The molecule has 2 aromatic carbocycles. The van der Waals surface area contributed by atoms with Crippen molar-refractivity contribution in [3.05, 3.63) is 66.0 Å². The van der Waals surface area contributed by atoms with E-state index in [1.807, 2.05) is 30.3 Å². The van der Waals surface area contributed by atoms with E-state index >= 15 is 0 Å². The highest BCUT2D eigenvalue weighted by molar-refractivity contribution is 8.00. The second kappa shape index (κ2) is 7.44. The fourth-order valence-corrected chi connectivity index (χ4v) is 3.01. The van der Waals surface area contributed by atoms with Crippen LogP contribution < -0.4 is 5.32 Å². The van der Waals surface area contributed by atoms with E-state index in [-0.39, 0.29) is 17.4 Å². The molecule has 0 saturated carbocycles. The SMILES string of the molecule is CC(=O)c1ccc(SCC(=O)Nc2ccc3ccccc3n2)c(F)c1. The number of hydrogen-bond acceptors (Lipinski definition) is 4. The molecule has 1 heterocycles. The second-order valence-electron chi connectivity index (χ2n) is 5.43. The molecule has 1 N–H and O–H groups in total. The molecule has 0 aliphatic heterocycles. The lowest BCUT2D eigenvalue weighted by atomic mass is 10.1. The van der Waals surface area contributed by atoms with E-state index in [2.05, 4.69) is 10.3 Å². The maximum Gasteiger partial charge on any atom is 0.235 e. The number of Topliss-reactive ketones (excluding diaryl/α,β-unsaturated/α-hetero) is 1. The number of fused-ring (bicyclic) bond motifs is 1. The Kier molecular flexibility index (Phi) is 5.09. The van der Waals surface area contributed by atoms with Gasteiger partial charge in [-0.25, -0.2) is 9.37 Å². The predicted molar refractivity (Wildman–Crippen MR) is 97.5 cm³/mol. The molecular weight excluding hydrogens is 339 g/mol. The molecule has 0 spiro atoms. The monoisotopic (exact) mass is 354 g/mol. The highest BCUT2D eigenvalue weighted by Gasteiger charge is 2.10. The second-order valence-corrected chi connectivity index (χ2v) is 6.44. The summed E-state index contributed by atoms with van der Waals surface area (Å²) < 4.78 is 13.9. The van der Waals surface area contributed by atoms with Crippen molar-refractivity contribution in [2.24, 2.45) is 0 Å². The number of aromatic nitrogens is 1. The van der Waals surface area contributed by atoms with Crippen molar-refractivity contribution >= 4 is 40.2 Å². The molecule has 0 fully saturated rings. The lowest BCUT2D eigenvalue weighted by Crippen LogP contribution is -2.15. The molecule has 0 aliphatic rings. The first kappa shape index (κ1) is 17.1. The third-order valence-electron chi connectivity index (χ3n) is 3.56. The molecule has 25 heavy (non-hydrogen) atoms. The number of halogens is 1. The number of ketones is 1. The van der Waals surface area contributed by atoms with Gasteiger partial charge in [-0.3, -0.25) is 9.59 Å². The van der Waals surface area contributed by atoms with E-state index in [1.54, 1.807) is 12.1 Å². The van der Waals surface area contributed by atoms with Crippen LogP contribution in [-0.2, 0) is 4.79 Å². The van der Waals surface area contributed by atoms with E-state index in [4.69, 9.17) is 0 Å². The molecule has 6 heteroatoms. The standard InChI is InChI=1S/C19H15FN2O2S/c1-12(23)14-6-8-17(15(20)10-14)25-11-19(24)22-18-9-7-13-4-2-3-5-16(13)21-18/h2-10H,11H2,1H3,(H,21,22,24). The Morgan fingerprint density at radius 2 is 1.92 bits per heavy atom. The van der Waals surface area contributed by atoms with Crippen LogP contribution in [0.4, 0.5) is 10.2 Å². The van der Waals surface area contributed by atoms with Gasteiger partial charge in [-0.15, -0.1) is 11.8 Å². The lowest BCUT2D eigenvalue weighted by Gasteiger charge is -2.07. The average Bonchev–Trinajstić information content (AvgIpc) is 2.60. The topological polar surface area (TPSA) is 59.1 Å². The van der Waals surface area contributed by atoms with Crippen molar-refractivity contribution in [1.29, 1.82) is 0 Å². The third kappa shape index (κ3) is 4.22. The van der Waals surface area contributed by atoms with Crippen molar-refractivity contribution in [2.75, 3.05) is 11.1 Å². The molecule has 0 aliphatic carbocycles. The molecule has 0 bridgehead atoms. The van der Waals surface area contributed by atoms with Gasteiger partial charge in [0.05, 0.1) is 11.3 Å². The summed E-state index contributed by atoms with van der Waals surface area (Å²) in [6.45, 7) is 1.38. The first-order chi connectivity index (χ1) is 12.0. The van der Waals surface area contributed by atoms with Gasteiger partial charge in [-0.05, 0) is 37.3 Å². The number of hydrogen-bond donors (Lipinski definition) is 1. The number of nitrogens with zero attached hydrogens (tertiary/aromatic N) is 1. The first-order valence-electron chi connectivity index (χ1n) is 7.62. The van der Waals surface area contributed by atoms with Crippen LogP contribution in [0.2, 0.25) is 0 Å². The van der Waals surface area contributed by atoms with Gasteiger partial charge in [0.1, 0.15) is 11.6 Å². The zero-order chi connectivity index (χ0) is 17.8. The molecule has 3 rings (SSSR count). The maximum atomic E-state index is 13.9. The molecular formula is C19H15FN2O2S. The number of thioether (sulfide) groups is 1. The van der Waals surface area contributed by atoms with Gasteiger partial charge in [-0.2, -0.15) is 0 Å². The average molecular weight is 354 g/mol. The Bertz CT molecular complexity index is 959. The lowest BCUT2D eigenvalue weighted by molar-refractivity contribution is -0.113. The van der Waals surface area contributed by atoms with Crippen LogP contribution in [0.1, 0.15) is 17.3 Å². The van der Waals surface area contributed by atoms with Gasteiger partial charge in [0.15, 0.2) is 5.78 Å². The summed E-state index contributed by atoms with van der Waals surface area (Å²) >= 11 is 1.07. The number of carbonyl (C=O) groups is 2. The van der Waals surface area contributed by atoms with Gasteiger partial charge in [0.2, 0.25) is 5.91 Å². The van der Waals surface area contributed by atoms with Gasteiger partial charge in [0, 0.05) is 15.8 Å². The maximum absolute atomic E-state index is 13.9. The van der Waals surface area contributed by atoms with Crippen LogP contribution >= 0.6 is 11.8 Å². The zero-order valence-corrected chi connectivity index (χ0v) is 14.3. The van der Waals surface area contributed by atoms with Crippen LogP contribution in [0.15, 0.2) is 59.5 Å². The van der Waals surface area contributed by atoms with Crippen molar-refractivity contribution in [2.45, 2.75) is 11.8 Å². The highest BCUT2D eigenvalue weighted by Crippen LogP contribution is 2.23. The minimum absolute atomic E-state index is 0.0465. The summed E-state index contributed by atoms with van der Waals surface area (Å²) in [7, 11) is 0. The Labute approximate surface area is 148 Å². The highest BCUT2D eigenvalue weighted by atomic mass is 32.2. The number of anilines is 1. The minimum atomic E-state index is -0.505. The number of nitrogens with one attached hydrogen (secondary N) is 1. The number of amides is 1. The van der Waals surface area contributed by atoms with E-state index < -0.39 is 5.82 Å². The van der Waals surface area contributed by atoms with Gasteiger partial charge in [-0.1, -0.05) is 24.3 Å². The third-order valence-corrected chi connectivity index (χ3v) is 4.61. The van der Waals surface area contributed by atoms with Crippen LogP contribution in [0.5, 0.6) is 0 Å². The smallest absolute Gasteiger partial charge is 0.235 e. The van der Waals surface area contributed by atoms with E-state index in [1.165, 1.54) is 19.1 Å². The van der Waals surface area contributed by atoms with E-state index in [0.717, 1.165) is 22.7 Å². The minimum Gasteiger partial charge on any atom is -0.310 e. The Balaban J connectivity index is 1.63. The zero-order valence-electron chi connectivity index (χ0n) is 13.5. The van der Waals surface area contributed by atoms with Crippen LogP contribution in [0.3, 0.4) is 0 Å². The van der Waals surface area contributed by atoms with Crippen LogP contribution in [0, 0.1) is 5.82 Å². The van der Waals surface area contributed by atoms with Gasteiger partial charge >= 0.3 is 0 Å². The first-order valence-corrected chi connectivity index (χ1v) is 8.60. The Morgan fingerprint density at radius 1 is 1.12 bits per heavy atom. The van der Waals surface area contributed by atoms with Crippen molar-refractivity contribution in [1.82, 2.24) is 4.98 Å². The largest absolute Gasteiger partial charge is 0.310 e. The number of benzene rings is 2. The summed E-state index contributed by atoms with van der Waals surface area (Å²) in [5, 5.41) is 3.69. The summed E-state index contributed by atoms with van der Waals surface area (Å²) in [4.78, 5) is 28.0. The quantitative estimate of drug-likeness (QED) is 0.548. The fourth-order valence-electron chi connectivity index (χ4n) is 2.29. The van der Waals surface area contributed by atoms with Crippen LogP contribution in [-0.4, -0.2) is 22.4 Å². The molecule has 0 radical (unpaired) electrons. The molecule has 126 valence electrons. The van der Waals surface area contributed by atoms with E-state index in [0.29, 0.717) is 16.3 Å². The number of rotatable bonds is 5. The molecule has 1 aromatic heterocycles. The Morgan fingerprint density at radius 3 is 2.68 bits per heavy atom. The molecule has 0 atom stereocenters. The summed E-state index contributed by atoms with van der Waals surface area (Å²) in [5.41, 5.74) is 1.10. The summed E-state index contributed by atoms with van der Waals surface area (Å²) in [6.07, 6.45) is 0. The van der Waals surface area contributed by atoms with Crippen LogP contribution in [0.25, 0.3) is 10.9 Å². The molecule has 4 nitrogen and oxygen atoms in total. The molecule has 3 aromatic rings. The summed E-state index contributed by atoms with van der Waals surface area (Å²) in [6, 6.07) is 15.5.